The van der Waals surface area contributed by atoms with Crippen LogP contribution in [0.1, 0.15) is 18.9 Å². The van der Waals surface area contributed by atoms with Crippen LogP contribution >= 0.6 is 11.3 Å². The number of anilines is 1. The van der Waals surface area contributed by atoms with Gasteiger partial charge in [0.1, 0.15) is 12.1 Å². The van der Waals surface area contributed by atoms with Crippen molar-refractivity contribution < 1.29 is 14.4 Å². The molecule has 2 aromatic carbocycles. The van der Waals surface area contributed by atoms with Gasteiger partial charge in [-0.1, -0.05) is 55.5 Å². The molecule has 0 spiro atoms. The number of hydrogen-bond donors (Lipinski definition) is 3. The third-order valence-corrected chi connectivity index (χ3v) is 6.65. The summed E-state index contributed by atoms with van der Waals surface area (Å²) in [6, 6.07) is 16.4. The Morgan fingerprint density at radius 1 is 1.12 bits per heavy atom. The Bertz CT molecular complexity index is 1360. The van der Waals surface area contributed by atoms with Gasteiger partial charge in [-0.2, -0.15) is 0 Å². The highest BCUT2D eigenvalue weighted by Crippen LogP contribution is 2.33. The molecule has 2 aromatic heterocycles. The van der Waals surface area contributed by atoms with Crippen molar-refractivity contribution in [3.05, 3.63) is 71.7 Å². The summed E-state index contributed by atoms with van der Waals surface area (Å²) in [6.07, 6.45) is 2.26. The SMILES string of the molecule is CCC1(c2ccccc2)NC(=O)N(CC(=O)Nc2nc(-c3c[nH]c4ccccc34)cs2)C1=O. The number of hydrogen-bond acceptors (Lipinski definition) is 5. The zero-order valence-corrected chi connectivity index (χ0v) is 18.6. The number of nitrogens with zero attached hydrogens (tertiary/aromatic N) is 2. The molecule has 1 atom stereocenters. The van der Waals surface area contributed by atoms with Crippen molar-refractivity contribution in [1.82, 2.24) is 20.2 Å². The van der Waals surface area contributed by atoms with Gasteiger partial charge in [-0.25, -0.2) is 9.78 Å². The number of imide groups is 1. The van der Waals surface area contributed by atoms with Crippen LogP contribution in [-0.2, 0) is 15.1 Å². The van der Waals surface area contributed by atoms with Crippen molar-refractivity contribution in [2.24, 2.45) is 0 Å². The number of nitrogens with one attached hydrogen (secondary N) is 3. The quantitative estimate of drug-likeness (QED) is 0.378. The molecule has 0 aliphatic carbocycles. The van der Waals surface area contributed by atoms with Gasteiger partial charge in [0.2, 0.25) is 5.91 Å². The first kappa shape index (κ1) is 20.9. The van der Waals surface area contributed by atoms with Gasteiger partial charge in [0, 0.05) is 28.0 Å². The molecule has 1 fully saturated rings. The second-order valence-corrected chi connectivity index (χ2v) is 8.64. The number of fused-ring (bicyclic) bond motifs is 1. The van der Waals surface area contributed by atoms with E-state index in [0.29, 0.717) is 17.1 Å². The smallest absolute Gasteiger partial charge is 0.325 e. The van der Waals surface area contributed by atoms with Crippen LogP contribution in [0.3, 0.4) is 0 Å². The topological polar surface area (TPSA) is 107 Å². The van der Waals surface area contributed by atoms with E-state index in [1.54, 1.807) is 12.1 Å². The second kappa shape index (κ2) is 8.18. The molecule has 0 bridgehead atoms. The molecule has 1 unspecified atom stereocenters. The van der Waals surface area contributed by atoms with Crippen molar-refractivity contribution in [2.75, 3.05) is 11.9 Å². The van der Waals surface area contributed by atoms with Crippen molar-refractivity contribution in [1.29, 1.82) is 0 Å². The number of benzene rings is 2. The van der Waals surface area contributed by atoms with Crippen LogP contribution in [0.15, 0.2) is 66.2 Å². The minimum atomic E-state index is -1.16. The van der Waals surface area contributed by atoms with Crippen LogP contribution in [0.5, 0.6) is 0 Å². The molecule has 8 nitrogen and oxygen atoms in total. The molecule has 1 saturated heterocycles. The lowest BCUT2D eigenvalue weighted by atomic mass is 9.87. The van der Waals surface area contributed by atoms with Crippen LogP contribution in [0.2, 0.25) is 0 Å². The van der Waals surface area contributed by atoms with Gasteiger partial charge in [0.05, 0.1) is 5.69 Å². The lowest BCUT2D eigenvalue weighted by Gasteiger charge is -2.25. The van der Waals surface area contributed by atoms with Crippen molar-refractivity contribution in [3.8, 4) is 11.3 Å². The fraction of sp³-hybridized carbons (Fsp3) is 0.167. The highest BCUT2D eigenvalue weighted by molar-refractivity contribution is 7.14. The number of aromatic amines is 1. The third-order valence-electron chi connectivity index (χ3n) is 5.89. The first-order chi connectivity index (χ1) is 16.0. The highest BCUT2D eigenvalue weighted by atomic mass is 32.1. The van der Waals surface area contributed by atoms with Crippen LogP contribution in [-0.4, -0.2) is 39.3 Å². The number of carbonyl (C=O) groups excluding carboxylic acids is 3. The molecule has 1 aliphatic heterocycles. The predicted octanol–water partition coefficient (Wildman–Crippen LogP) is 4.09. The summed E-state index contributed by atoms with van der Waals surface area (Å²) in [7, 11) is 0. The highest BCUT2D eigenvalue weighted by Gasteiger charge is 2.51. The molecule has 0 radical (unpaired) electrons. The molecule has 4 aromatic rings. The Labute approximate surface area is 193 Å². The second-order valence-electron chi connectivity index (χ2n) is 7.78. The Morgan fingerprint density at radius 3 is 2.67 bits per heavy atom. The van der Waals surface area contributed by atoms with Gasteiger partial charge < -0.3 is 15.6 Å². The molecule has 1 aliphatic rings. The molecular formula is C24H21N5O3S. The van der Waals surface area contributed by atoms with E-state index in [-0.39, 0.29) is 6.54 Å². The third kappa shape index (κ3) is 3.56. The number of para-hydroxylation sites is 1. The van der Waals surface area contributed by atoms with Crippen molar-refractivity contribution in [3.63, 3.8) is 0 Å². The number of rotatable bonds is 6. The maximum atomic E-state index is 13.2. The fourth-order valence-electron chi connectivity index (χ4n) is 4.17. The number of carbonyl (C=O) groups is 3. The molecule has 166 valence electrons. The van der Waals surface area contributed by atoms with Gasteiger partial charge in [-0.15, -0.1) is 11.3 Å². The van der Waals surface area contributed by atoms with Gasteiger partial charge in [-0.3, -0.25) is 14.5 Å². The molecule has 3 N–H and O–H groups in total. The largest absolute Gasteiger partial charge is 0.360 e. The fourth-order valence-corrected chi connectivity index (χ4v) is 4.90. The van der Waals surface area contributed by atoms with E-state index < -0.39 is 23.4 Å². The average Bonchev–Trinajstić information content (AvgIpc) is 3.53. The van der Waals surface area contributed by atoms with Crippen LogP contribution in [0.4, 0.5) is 9.93 Å². The minimum absolute atomic E-state index is 0.375. The van der Waals surface area contributed by atoms with Crippen LogP contribution in [0, 0.1) is 0 Å². The zero-order valence-electron chi connectivity index (χ0n) is 17.8. The number of thiazole rings is 1. The van der Waals surface area contributed by atoms with Gasteiger partial charge in [-0.05, 0) is 18.1 Å². The van der Waals surface area contributed by atoms with E-state index in [2.05, 4.69) is 20.6 Å². The number of aromatic nitrogens is 2. The summed E-state index contributed by atoms with van der Waals surface area (Å²) in [4.78, 5) is 47.1. The summed E-state index contributed by atoms with van der Waals surface area (Å²) in [5.74, 6) is -0.923. The van der Waals surface area contributed by atoms with E-state index in [4.69, 9.17) is 0 Å². The van der Waals surface area contributed by atoms with Gasteiger partial charge in [0.15, 0.2) is 5.13 Å². The molecule has 0 saturated carbocycles. The lowest BCUT2D eigenvalue weighted by molar-refractivity contribution is -0.134. The Morgan fingerprint density at radius 2 is 1.88 bits per heavy atom. The zero-order chi connectivity index (χ0) is 23.0. The van der Waals surface area contributed by atoms with Crippen molar-refractivity contribution >= 4 is 45.2 Å². The molecule has 9 heteroatoms. The molecular weight excluding hydrogens is 438 g/mol. The van der Waals surface area contributed by atoms with E-state index in [1.165, 1.54) is 11.3 Å². The maximum absolute atomic E-state index is 13.2. The Kier molecular flexibility index (Phi) is 5.18. The normalized spacial score (nSPS) is 18.0. The van der Waals surface area contributed by atoms with Gasteiger partial charge in [0.25, 0.3) is 5.91 Å². The molecule has 4 amide bonds. The summed E-state index contributed by atoms with van der Waals surface area (Å²) in [5.41, 5.74) is 2.20. The van der Waals surface area contributed by atoms with Crippen LogP contribution < -0.4 is 10.6 Å². The monoisotopic (exact) mass is 459 g/mol. The van der Waals surface area contributed by atoms with E-state index in [1.807, 2.05) is 61.0 Å². The van der Waals surface area contributed by atoms with E-state index >= 15 is 0 Å². The van der Waals surface area contributed by atoms with E-state index in [0.717, 1.165) is 27.1 Å². The summed E-state index contributed by atoms with van der Waals surface area (Å²) >= 11 is 1.28. The first-order valence-electron chi connectivity index (χ1n) is 10.5. The van der Waals surface area contributed by atoms with E-state index in [9.17, 15) is 14.4 Å². The molecule has 33 heavy (non-hydrogen) atoms. The lowest BCUT2D eigenvalue weighted by Crippen LogP contribution is -2.44. The minimum Gasteiger partial charge on any atom is -0.360 e. The number of H-pyrrole nitrogens is 1. The van der Waals surface area contributed by atoms with Crippen molar-refractivity contribution in [2.45, 2.75) is 18.9 Å². The molecule has 3 heterocycles. The predicted molar refractivity (Wildman–Crippen MR) is 127 cm³/mol. The standard InChI is InChI=1S/C24H21N5O3S/c1-2-24(15-8-4-3-5-9-15)21(31)29(23(32)28-24)13-20(30)27-22-26-19(14-33-22)17-12-25-18-11-7-6-10-16(17)18/h3-12,14,25H,2,13H2,1H3,(H,28,32)(H,26,27,30). The summed E-state index contributed by atoms with van der Waals surface area (Å²) < 4.78 is 0. The average molecular weight is 460 g/mol. The number of urea groups is 1. The summed E-state index contributed by atoms with van der Waals surface area (Å²) in [6.45, 7) is 1.44. The molecule has 5 rings (SSSR count). The first-order valence-corrected chi connectivity index (χ1v) is 11.4. The van der Waals surface area contributed by atoms with Gasteiger partial charge >= 0.3 is 6.03 Å². The summed E-state index contributed by atoms with van der Waals surface area (Å²) in [5, 5.41) is 8.79. The number of amides is 4. The Balaban J connectivity index is 1.31. The van der Waals surface area contributed by atoms with Crippen LogP contribution in [0.25, 0.3) is 22.2 Å². The Hall–Kier alpha value is -3.98. The maximum Gasteiger partial charge on any atom is 0.325 e.